The summed E-state index contributed by atoms with van der Waals surface area (Å²) in [7, 11) is 0. The fraction of sp³-hybridized carbons (Fsp3) is 0.824. The van der Waals surface area contributed by atoms with Crippen LogP contribution in [0.25, 0.3) is 0 Å². The molecule has 0 aliphatic heterocycles. The second-order valence-electron chi connectivity index (χ2n) is 6.50. The van der Waals surface area contributed by atoms with E-state index < -0.39 is 30.2 Å². The van der Waals surface area contributed by atoms with Gasteiger partial charge in [0.1, 0.15) is 18.8 Å². The number of nitrogens with one attached hydrogen (secondary N) is 2. The quantitative estimate of drug-likeness (QED) is 0.295. The molecule has 0 atom stereocenters. The van der Waals surface area contributed by atoms with Crippen molar-refractivity contribution < 1.29 is 43.2 Å². The van der Waals surface area contributed by atoms with E-state index in [2.05, 4.69) is 15.4 Å². The Morgan fingerprint density at radius 1 is 0.750 bits per heavy atom. The lowest BCUT2D eigenvalue weighted by atomic mass is 10.2. The molecule has 0 saturated heterocycles. The summed E-state index contributed by atoms with van der Waals surface area (Å²) in [6.07, 6.45) is -0.478. The van der Waals surface area contributed by atoms with Crippen LogP contribution in [0.3, 0.4) is 0 Å². The number of alkyl carbamates (subject to hydrolysis) is 1. The molecule has 3 N–H and O–H groups in total. The summed E-state index contributed by atoms with van der Waals surface area (Å²) in [4.78, 5) is 32.8. The zero-order valence-electron chi connectivity index (χ0n) is 16.8. The van der Waals surface area contributed by atoms with Crippen molar-refractivity contribution in [2.45, 2.75) is 26.4 Å². The number of carboxylic acids is 1. The number of hydrogen-bond donors (Lipinski definition) is 3. The molecule has 11 heteroatoms. The van der Waals surface area contributed by atoms with Gasteiger partial charge in [0.2, 0.25) is 5.91 Å². The summed E-state index contributed by atoms with van der Waals surface area (Å²) >= 11 is 0. The molecule has 28 heavy (non-hydrogen) atoms. The third-order valence-electron chi connectivity index (χ3n) is 2.69. The molecule has 0 spiro atoms. The molecule has 0 aliphatic carbocycles. The summed E-state index contributed by atoms with van der Waals surface area (Å²) in [5.41, 5.74) is -0.525. The number of rotatable bonds is 16. The fourth-order valence-corrected chi connectivity index (χ4v) is 1.63. The molecule has 0 radical (unpaired) electrons. The van der Waals surface area contributed by atoms with Gasteiger partial charge < -0.3 is 39.4 Å². The number of carbonyl (C=O) groups is 3. The number of ether oxygens (including phenoxy) is 5. The maximum atomic E-state index is 11.4. The maximum absolute atomic E-state index is 11.4. The molecule has 0 aromatic rings. The first-order valence-electron chi connectivity index (χ1n) is 8.97. The van der Waals surface area contributed by atoms with Crippen molar-refractivity contribution in [1.29, 1.82) is 0 Å². The highest BCUT2D eigenvalue weighted by Crippen LogP contribution is 2.05. The molecule has 0 heterocycles. The standard InChI is InChI=1S/C17H32N2O9/c1-17(2,3)28-16(23)19-5-7-25-9-11-26-10-8-24-6-4-18-14(20)12-27-13-15(21)22/h4-13H2,1-3H3,(H,18,20)(H,19,23)(H,21,22). The van der Waals surface area contributed by atoms with E-state index in [1.807, 2.05) is 0 Å². The first kappa shape index (κ1) is 26.1. The van der Waals surface area contributed by atoms with Crippen LogP contribution >= 0.6 is 0 Å². The highest BCUT2D eigenvalue weighted by atomic mass is 16.6. The number of aliphatic carboxylic acids is 1. The Morgan fingerprint density at radius 3 is 1.75 bits per heavy atom. The largest absolute Gasteiger partial charge is 0.480 e. The molecule has 11 nitrogen and oxygen atoms in total. The number of carbonyl (C=O) groups excluding carboxylic acids is 2. The van der Waals surface area contributed by atoms with Gasteiger partial charge in [0, 0.05) is 13.1 Å². The molecule has 0 fully saturated rings. The summed E-state index contributed by atoms with van der Waals surface area (Å²) in [6.45, 7) is 7.41. The van der Waals surface area contributed by atoms with Crippen molar-refractivity contribution in [1.82, 2.24) is 10.6 Å². The Morgan fingerprint density at radius 2 is 1.25 bits per heavy atom. The molecule has 0 saturated carbocycles. The van der Waals surface area contributed by atoms with Gasteiger partial charge in [-0.15, -0.1) is 0 Å². The van der Waals surface area contributed by atoms with Crippen molar-refractivity contribution in [3.05, 3.63) is 0 Å². The van der Waals surface area contributed by atoms with Gasteiger partial charge in [-0.2, -0.15) is 0 Å². The normalized spacial score (nSPS) is 11.1. The minimum absolute atomic E-state index is 0.295. The monoisotopic (exact) mass is 408 g/mol. The minimum Gasteiger partial charge on any atom is -0.480 e. The number of hydrogen-bond acceptors (Lipinski definition) is 8. The van der Waals surface area contributed by atoms with E-state index in [0.29, 0.717) is 52.7 Å². The highest BCUT2D eigenvalue weighted by Gasteiger charge is 2.15. The zero-order valence-corrected chi connectivity index (χ0v) is 16.8. The Hall–Kier alpha value is -1.95. The van der Waals surface area contributed by atoms with Crippen LogP contribution in [0, 0.1) is 0 Å². The third kappa shape index (κ3) is 20.4. The lowest BCUT2D eigenvalue weighted by Gasteiger charge is -2.19. The van der Waals surface area contributed by atoms with E-state index in [9.17, 15) is 14.4 Å². The SMILES string of the molecule is CC(C)(C)OC(=O)NCCOCCOCCOCCNC(=O)COCC(=O)O. The first-order valence-corrected chi connectivity index (χ1v) is 8.97. The van der Waals surface area contributed by atoms with Crippen molar-refractivity contribution in [2.24, 2.45) is 0 Å². The lowest BCUT2D eigenvalue weighted by molar-refractivity contribution is -0.143. The van der Waals surface area contributed by atoms with E-state index >= 15 is 0 Å². The average Bonchev–Trinajstić information content (AvgIpc) is 2.57. The smallest absolute Gasteiger partial charge is 0.407 e. The average molecular weight is 408 g/mol. The minimum atomic E-state index is -1.13. The van der Waals surface area contributed by atoms with Gasteiger partial charge in [-0.1, -0.05) is 0 Å². The van der Waals surface area contributed by atoms with Gasteiger partial charge in [0.15, 0.2) is 0 Å². The fourth-order valence-electron chi connectivity index (χ4n) is 1.63. The van der Waals surface area contributed by atoms with Crippen LogP contribution < -0.4 is 10.6 Å². The van der Waals surface area contributed by atoms with E-state index in [4.69, 9.17) is 24.1 Å². The zero-order chi connectivity index (χ0) is 21.3. The summed E-state index contributed by atoms with van der Waals surface area (Å²) < 4.78 is 25.6. The van der Waals surface area contributed by atoms with Crippen LogP contribution in [0.15, 0.2) is 0 Å². The lowest BCUT2D eigenvalue weighted by Crippen LogP contribution is -2.34. The molecule has 0 aromatic carbocycles. The second kappa shape index (κ2) is 16.0. The molecule has 0 bridgehead atoms. The number of carboxylic acid groups (broad SMARTS) is 1. The van der Waals surface area contributed by atoms with Crippen molar-refractivity contribution in [3.63, 3.8) is 0 Å². The van der Waals surface area contributed by atoms with Crippen molar-refractivity contribution in [2.75, 3.05) is 65.9 Å². The molecular weight excluding hydrogens is 376 g/mol. The van der Waals surface area contributed by atoms with Crippen molar-refractivity contribution >= 4 is 18.0 Å². The van der Waals surface area contributed by atoms with E-state index in [-0.39, 0.29) is 6.61 Å². The van der Waals surface area contributed by atoms with Crippen LogP contribution in [-0.4, -0.2) is 94.6 Å². The van der Waals surface area contributed by atoms with Crippen LogP contribution in [0.4, 0.5) is 4.79 Å². The molecule has 0 aromatic heterocycles. The summed E-state index contributed by atoms with van der Waals surface area (Å²) in [5.74, 6) is -1.53. The van der Waals surface area contributed by atoms with Gasteiger partial charge in [0.25, 0.3) is 0 Å². The van der Waals surface area contributed by atoms with Crippen LogP contribution in [0.2, 0.25) is 0 Å². The van der Waals surface area contributed by atoms with Crippen LogP contribution in [0.5, 0.6) is 0 Å². The van der Waals surface area contributed by atoms with Gasteiger partial charge in [-0.05, 0) is 20.8 Å². The third-order valence-corrected chi connectivity index (χ3v) is 2.69. The molecule has 0 unspecified atom stereocenters. The molecule has 0 aliphatic rings. The second-order valence-corrected chi connectivity index (χ2v) is 6.50. The Bertz CT molecular complexity index is 452. The Balaban J connectivity index is 3.27. The molecule has 0 rings (SSSR count). The van der Waals surface area contributed by atoms with Gasteiger partial charge in [-0.25, -0.2) is 9.59 Å². The van der Waals surface area contributed by atoms with E-state index in [1.54, 1.807) is 20.8 Å². The van der Waals surface area contributed by atoms with Crippen LogP contribution in [0.1, 0.15) is 20.8 Å². The maximum Gasteiger partial charge on any atom is 0.407 e. The van der Waals surface area contributed by atoms with Gasteiger partial charge in [0.05, 0.1) is 39.6 Å². The van der Waals surface area contributed by atoms with Gasteiger partial charge >= 0.3 is 12.1 Å². The van der Waals surface area contributed by atoms with E-state index in [0.717, 1.165) is 0 Å². The number of amides is 2. The predicted molar refractivity (Wildman–Crippen MR) is 98.2 cm³/mol. The van der Waals surface area contributed by atoms with Gasteiger partial charge in [-0.3, -0.25) is 4.79 Å². The Kier molecular flexibility index (Phi) is 14.9. The Labute approximate surface area is 165 Å². The topological polar surface area (TPSA) is 142 Å². The molecular formula is C17H32N2O9. The van der Waals surface area contributed by atoms with E-state index in [1.165, 1.54) is 0 Å². The summed E-state index contributed by atoms with van der Waals surface area (Å²) in [5, 5.41) is 13.5. The van der Waals surface area contributed by atoms with Crippen LogP contribution in [-0.2, 0) is 33.3 Å². The highest BCUT2D eigenvalue weighted by molar-refractivity contribution is 5.77. The molecule has 164 valence electrons. The summed E-state index contributed by atoms with van der Waals surface area (Å²) in [6, 6.07) is 0. The van der Waals surface area contributed by atoms with Crippen molar-refractivity contribution in [3.8, 4) is 0 Å². The molecule has 2 amide bonds. The first-order chi connectivity index (χ1) is 13.2. The predicted octanol–water partition coefficient (Wildman–Crippen LogP) is -0.222.